The minimum absolute atomic E-state index is 0.616. The summed E-state index contributed by atoms with van der Waals surface area (Å²) in [6, 6.07) is 45.0. The first-order chi connectivity index (χ1) is 20.6. The summed E-state index contributed by atoms with van der Waals surface area (Å²) in [5, 5.41) is 12.3. The Morgan fingerprint density at radius 1 is 0.667 bits per heavy atom. The molecule has 42 heavy (non-hydrogen) atoms. The van der Waals surface area contributed by atoms with Gasteiger partial charge in [0.2, 0.25) is 5.69 Å². The molecule has 198 valence electrons. The van der Waals surface area contributed by atoms with Crippen LogP contribution in [0.15, 0.2) is 132 Å². The highest BCUT2D eigenvalue weighted by molar-refractivity contribution is 6.11. The molecule has 3 heteroatoms. The number of hydrogen-bond acceptors (Lipinski definition) is 2. The second kappa shape index (κ2) is 9.03. The van der Waals surface area contributed by atoms with Crippen molar-refractivity contribution in [1.29, 1.82) is 5.26 Å². The molecule has 0 bridgehead atoms. The summed E-state index contributed by atoms with van der Waals surface area (Å²) in [7, 11) is 2.06. The van der Waals surface area contributed by atoms with Gasteiger partial charge in [-0.2, -0.15) is 5.26 Å². The van der Waals surface area contributed by atoms with Crippen molar-refractivity contribution >= 4 is 21.9 Å². The van der Waals surface area contributed by atoms with E-state index in [-0.39, 0.29) is 0 Å². The van der Waals surface area contributed by atoms with Crippen molar-refractivity contribution in [2.45, 2.75) is 12.3 Å². The molecule has 5 aromatic carbocycles. The molecule has 2 aromatic heterocycles. The lowest BCUT2D eigenvalue weighted by molar-refractivity contribution is -0.660. The number of nitriles is 1. The maximum absolute atomic E-state index is 10.3. The van der Waals surface area contributed by atoms with Crippen molar-refractivity contribution in [2.24, 2.45) is 7.05 Å². The Morgan fingerprint density at radius 3 is 2.02 bits per heavy atom. The minimum Gasteiger partial charge on any atom is -0.455 e. The van der Waals surface area contributed by atoms with E-state index in [0.29, 0.717) is 5.56 Å². The molecule has 0 amide bonds. The van der Waals surface area contributed by atoms with E-state index in [2.05, 4.69) is 134 Å². The highest BCUT2D eigenvalue weighted by atomic mass is 16.3. The van der Waals surface area contributed by atoms with Gasteiger partial charge in [0.05, 0.1) is 22.6 Å². The van der Waals surface area contributed by atoms with Gasteiger partial charge in [0.1, 0.15) is 18.2 Å². The minimum atomic E-state index is -0.667. The van der Waals surface area contributed by atoms with E-state index >= 15 is 0 Å². The predicted octanol–water partition coefficient (Wildman–Crippen LogP) is 8.62. The molecule has 0 atom stereocenters. The third-order valence-electron chi connectivity index (χ3n) is 8.95. The van der Waals surface area contributed by atoms with Crippen molar-refractivity contribution in [2.75, 3.05) is 0 Å². The molecule has 0 unspecified atom stereocenters. The number of aryl methyl sites for hydroxylation is 2. The SMILES string of the molecule is Cc1ccc2c(oc3c(C4(c5ccccc5)c5ccccc5-c5ccccc54)cc(C#N)cc32)c1-c1cccc[n+]1C. The zero-order valence-corrected chi connectivity index (χ0v) is 23.4. The lowest BCUT2D eigenvalue weighted by Crippen LogP contribution is -2.30. The number of fused-ring (bicyclic) bond motifs is 6. The molecule has 0 N–H and O–H groups in total. The molecule has 0 fully saturated rings. The van der Waals surface area contributed by atoms with E-state index in [0.717, 1.165) is 49.9 Å². The highest BCUT2D eigenvalue weighted by Gasteiger charge is 2.47. The van der Waals surface area contributed by atoms with Gasteiger partial charge in [0.25, 0.3) is 0 Å². The van der Waals surface area contributed by atoms with Gasteiger partial charge in [-0.05, 0) is 58.5 Å². The number of aromatic nitrogens is 1. The Bertz CT molecular complexity index is 2190. The number of benzene rings is 5. The van der Waals surface area contributed by atoms with Gasteiger partial charge in [-0.3, -0.25) is 0 Å². The normalized spacial score (nSPS) is 13.2. The lowest BCUT2D eigenvalue weighted by atomic mass is 9.67. The Balaban J connectivity index is 1.59. The van der Waals surface area contributed by atoms with Gasteiger partial charge >= 0.3 is 0 Å². The van der Waals surface area contributed by atoms with Crippen LogP contribution in [0.4, 0.5) is 0 Å². The molecule has 0 radical (unpaired) electrons. The number of pyridine rings is 1. The van der Waals surface area contributed by atoms with E-state index in [9.17, 15) is 5.26 Å². The molecule has 1 aliphatic rings. The van der Waals surface area contributed by atoms with Gasteiger partial charge in [0.15, 0.2) is 6.20 Å². The topological polar surface area (TPSA) is 40.8 Å². The van der Waals surface area contributed by atoms with Gasteiger partial charge in [0, 0.05) is 28.5 Å². The molecule has 2 heterocycles. The Morgan fingerprint density at radius 2 is 1.33 bits per heavy atom. The number of rotatable bonds is 3. The molecule has 0 aliphatic heterocycles. The van der Waals surface area contributed by atoms with Crippen LogP contribution in [0.25, 0.3) is 44.3 Å². The van der Waals surface area contributed by atoms with E-state index in [1.54, 1.807) is 0 Å². The third-order valence-corrected chi connectivity index (χ3v) is 8.95. The molecule has 1 aliphatic carbocycles. The zero-order valence-electron chi connectivity index (χ0n) is 23.4. The first kappa shape index (κ1) is 24.3. The summed E-state index contributed by atoms with van der Waals surface area (Å²) in [4.78, 5) is 0. The van der Waals surface area contributed by atoms with Gasteiger partial charge < -0.3 is 4.42 Å². The van der Waals surface area contributed by atoms with E-state index in [1.807, 2.05) is 18.2 Å². The Kier molecular flexibility index (Phi) is 5.23. The molecule has 8 rings (SSSR count). The molecule has 7 aromatic rings. The van der Waals surface area contributed by atoms with Crippen LogP contribution in [0.5, 0.6) is 0 Å². The van der Waals surface area contributed by atoms with Crippen LogP contribution < -0.4 is 4.57 Å². The maximum atomic E-state index is 10.3. The van der Waals surface area contributed by atoms with Gasteiger partial charge in [-0.15, -0.1) is 0 Å². The summed E-state index contributed by atoms with van der Waals surface area (Å²) < 4.78 is 9.20. The van der Waals surface area contributed by atoms with Crippen molar-refractivity contribution in [3.8, 4) is 28.5 Å². The second-order valence-electron chi connectivity index (χ2n) is 11.2. The zero-order chi connectivity index (χ0) is 28.4. The highest BCUT2D eigenvalue weighted by Crippen LogP contribution is 2.58. The fourth-order valence-corrected chi connectivity index (χ4v) is 7.16. The average Bonchev–Trinajstić information content (AvgIpc) is 3.55. The number of hydrogen-bond donors (Lipinski definition) is 0. The first-order valence-corrected chi connectivity index (χ1v) is 14.2. The molecule has 0 saturated carbocycles. The first-order valence-electron chi connectivity index (χ1n) is 14.2. The fraction of sp³-hybridized carbons (Fsp3) is 0.0769. The van der Waals surface area contributed by atoms with Crippen LogP contribution in [0.1, 0.15) is 33.4 Å². The van der Waals surface area contributed by atoms with Crippen LogP contribution in [-0.2, 0) is 12.5 Å². The summed E-state index contributed by atoms with van der Waals surface area (Å²) in [5.41, 5.74) is 11.8. The number of nitrogens with zero attached hydrogens (tertiary/aromatic N) is 2. The third kappa shape index (κ3) is 3.18. The van der Waals surface area contributed by atoms with Crippen LogP contribution in [0.3, 0.4) is 0 Å². The van der Waals surface area contributed by atoms with Crippen LogP contribution >= 0.6 is 0 Å². The Hall–Kier alpha value is -5.46. The average molecular weight is 540 g/mol. The lowest BCUT2D eigenvalue weighted by Gasteiger charge is -2.33. The van der Waals surface area contributed by atoms with Gasteiger partial charge in [-0.1, -0.05) is 91.0 Å². The van der Waals surface area contributed by atoms with Crippen molar-refractivity contribution in [3.63, 3.8) is 0 Å². The molecule has 0 spiro atoms. The summed E-state index contributed by atoms with van der Waals surface area (Å²) >= 11 is 0. The summed E-state index contributed by atoms with van der Waals surface area (Å²) in [5.74, 6) is 0. The number of furan rings is 1. The smallest absolute Gasteiger partial charge is 0.216 e. The second-order valence-corrected chi connectivity index (χ2v) is 11.2. The van der Waals surface area contributed by atoms with Crippen molar-refractivity contribution in [1.82, 2.24) is 0 Å². The molecular weight excluding hydrogens is 512 g/mol. The molecule has 0 saturated heterocycles. The summed E-state index contributed by atoms with van der Waals surface area (Å²) in [6.07, 6.45) is 2.06. The predicted molar refractivity (Wildman–Crippen MR) is 167 cm³/mol. The van der Waals surface area contributed by atoms with Gasteiger partial charge in [-0.25, -0.2) is 4.57 Å². The monoisotopic (exact) mass is 539 g/mol. The van der Waals surface area contributed by atoms with Crippen molar-refractivity contribution in [3.05, 3.63) is 161 Å². The largest absolute Gasteiger partial charge is 0.455 e. The molecular formula is C39H27N2O+. The Labute approximate surface area is 244 Å². The maximum Gasteiger partial charge on any atom is 0.216 e. The van der Waals surface area contributed by atoms with Crippen LogP contribution in [-0.4, -0.2) is 0 Å². The van der Waals surface area contributed by atoms with Crippen LogP contribution in [0, 0.1) is 18.3 Å². The van der Waals surface area contributed by atoms with Crippen molar-refractivity contribution < 1.29 is 8.98 Å². The van der Waals surface area contributed by atoms with E-state index < -0.39 is 5.41 Å². The van der Waals surface area contributed by atoms with Crippen LogP contribution in [0.2, 0.25) is 0 Å². The fourth-order valence-electron chi connectivity index (χ4n) is 7.16. The van der Waals surface area contributed by atoms with E-state index in [4.69, 9.17) is 4.42 Å². The van der Waals surface area contributed by atoms with E-state index in [1.165, 1.54) is 22.3 Å². The summed E-state index contributed by atoms with van der Waals surface area (Å²) in [6.45, 7) is 2.13. The standard InChI is InChI=1S/C39H27N2O/c1-25-19-20-30-31-22-26(24-40)23-34(37(31)42-38(30)36(25)35-18-10-11-21-41(35)2)39(27-12-4-3-5-13-27)32-16-8-6-14-28(32)29-15-7-9-17-33(29)39/h3-23H,1-2H3/q+1. The quantitative estimate of drug-likeness (QED) is 0.211. The molecule has 3 nitrogen and oxygen atoms in total.